The van der Waals surface area contributed by atoms with Crippen molar-refractivity contribution in [2.45, 2.75) is 6.42 Å². The van der Waals surface area contributed by atoms with Crippen molar-refractivity contribution < 1.29 is 9.26 Å². The van der Waals surface area contributed by atoms with E-state index in [4.69, 9.17) is 15.0 Å². The van der Waals surface area contributed by atoms with E-state index >= 15 is 0 Å². The molecule has 0 saturated carbocycles. The van der Waals surface area contributed by atoms with Crippen molar-refractivity contribution in [3.05, 3.63) is 30.2 Å². The van der Waals surface area contributed by atoms with Crippen LogP contribution < -0.4 is 5.73 Å². The molecule has 16 heavy (non-hydrogen) atoms. The van der Waals surface area contributed by atoms with E-state index in [9.17, 15) is 0 Å². The molecular formula is C11H13N3O2. The van der Waals surface area contributed by atoms with E-state index in [1.807, 2.05) is 12.1 Å². The SMILES string of the molecule is COCCc1nc(-c2ccc(N)cc2)no1. The van der Waals surface area contributed by atoms with Crippen LogP contribution in [0.15, 0.2) is 28.8 Å². The Hall–Kier alpha value is -1.88. The molecule has 0 spiro atoms. The average Bonchev–Trinajstić information content (AvgIpc) is 2.76. The number of methoxy groups -OCH3 is 1. The maximum atomic E-state index is 5.59. The molecule has 2 rings (SSSR count). The highest BCUT2D eigenvalue weighted by Crippen LogP contribution is 2.17. The van der Waals surface area contributed by atoms with Crippen molar-refractivity contribution >= 4 is 5.69 Å². The molecule has 0 unspecified atom stereocenters. The standard InChI is InChI=1S/C11H13N3O2/c1-15-7-6-10-13-11(14-16-10)8-2-4-9(12)5-3-8/h2-5H,6-7,12H2,1H3. The number of nitrogens with zero attached hydrogens (tertiary/aromatic N) is 2. The van der Waals surface area contributed by atoms with Crippen LogP contribution in [0.1, 0.15) is 5.89 Å². The zero-order chi connectivity index (χ0) is 11.4. The summed E-state index contributed by atoms with van der Waals surface area (Å²) < 4.78 is 10.0. The largest absolute Gasteiger partial charge is 0.399 e. The summed E-state index contributed by atoms with van der Waals surface area (Å²) in [5.74, 6) is 1.15. The molecule has 0 saturated heterocycles. The van der Waals surface area contributed by atoms with Gasteiger partial charge in [-0.3, -0.25) is 0 Å². The molecule has 0 fully saturated rings. The number of nitrogen functional groups attached to an aromatic ring is 1. The lowest BCUT2D eigenvalue weighted by Gasteiger charge is -1.94. The lowest BCUT2D eigenvalue weighted by molar-refractivity contribution is 0.192. The van der Waals surface area contributed by atoms with Crippen LogP contribution in [0.2, 0.25) is 0 Å². The number of nitrogens with two attached hydrogens (primary N) is 1. The smallest absolute Gasteiger partial charge is 0.229 e. The maximum absolute atomic E-state index is 5.59. The van der Waals surface area contributed by atoms with Crippen LogP contribution in [-0.2, 0) is 11.2 Å². The van der Waals surface area contributed by atoms with Gasteiger partial charge in [-0.25, -0.2) is 0 Å². The van der Waals surface area contributed by atoms with Crippen molar-refractivity contribution in [3.63, 3.8) is 0 Å². The van der Waals surface area contributed by atoms with Crippen LogP contribution in [0, 0.1) is 0 Å². The van der Waals surface area contributed by atoms with E-state index in [-0.39, 0.29) is 0 Å². The minimum absolute atomic E-state index is 0.573. The minimum Gasteiger partial charge on any atom is -0.399 e. The van der Waals surface area contributed by atoms with E-state index in [2.05, 4.69) is 10.1 Å². The van der Waals surface area contributed by atoms with Crippen LogP contribution in [-0.4, -0.2) is 23.9 Å². The molecule has 1 heterocycles. The van der Waals surface area contributed by atoms with E-state index in [1.54, 1.807) is 19.2 Å². The lowest BCUT2D eigenvalue weighted by atomic mass is 10.2. The number of hydrogen-bond acceptors (Lipinski definition) is 5. The summed E-state index contributed by atoms with van der Waals surface area (Å²) in [6.07, 6.45) is 0.623. The molecule has 5 heteroatoms. The van der Waals surface area contributed by atoms with E-state index in [0.29, 0.717) is 30.4 Å². The number of anilines is 1. The molecule has 0 aliphatic heterocycles. The summed E-state index contributed by atoms with van der Waals surface area (Å²) in [6.45, 7) is 0.573. The van der Waals surface area contributed by atoms with Gasteiger partial charge in [-0.1, -0.05) is 5.16 Å². The Bertz CT molecular complexity index is 451. The number of aromatic nitrogens is 2. The Balaban J connectivity index is 2.15. The Morgan fingerprint density at radius 1 is 1.31 bits per heavy atom. The second-order valence-electron chi connectivity index (χ2n) is 3.38. The third kappa shape index (κ3) is 2.38. The molecule has 1 aromatic carbocycles. The molecule has 84 valence electrons. The fourth-order valence-corrected chi connectivity index (χ4v) is 1.30. The van der Waals surface area contributed by atoms with Gasteiger partial charge in [-0.15, -0.1) is 0 Å². The number of hydrogen-bond donors (Lipinski definition) is 1. The fourth-order valence-electron chi connectivity index (χ4n) is 1.30. The van der Waals surface area contributed by atoms with Gasteiger partial charge in [0.25, 0.3) is 0 Å². The highest BCUT2D eigenvalue weighted by atomic mass is 16.5. The number of ether oxygens (including phenoxy) is 1. The fraction of sp³-hybridized carbons (Fsp3) is 0.273. The minimum atomic E-state index is 0.573. The monoisotopic (exact) mass is 219 g/mol. The first-order chi connectivity index (χ1) is 7.79. The van der Waals surface area contributed by atoms with Crippen molar-refractivity contribution in [1.29, 1.82) is 0 Å². The van der Waals surface area contributed by atoms with Crippen LogP contribution >= 0.6 is 0 Å². The summed E-state index contributed by atoms with van der Waals surface area (Å²) in [6, 6.07) is 7.33. The first kappa shape index (κ1) is 10.6. The molecule has 0 aliphatic rings. The van der Waals surface area contributed by atoms with Crippen molar-refractivity contribution in [2.75, 3.05) is 19.5 Å². The van der Waals surface area contributed by atoms with Gasteiger partial charge in [0.05, 0.1) is 13.0 Å². The molecule has 1 aromatic heterocycles. The maximum Gasteiger partial charge on any atom is 0.229 e. The molecule has 0 atom stereocenters. The second-order valence-corrected chi connectivity index (χ2v) is 3.38. The summed E-state index contributed by atoms with van der Waals surface area (Å²) in [7, 11) is 1.64. The zero-order valence-electron chi connectivity index (χ0n) is 9.01. The number of benzene rings is 1. The predicted octanol–water partition coefficient (Wildman–Crippen LogP) is 1.51. The first-order valence-electron chi connectivity index (χ1n) is 4.97. The van der Waals surface area contributed by atoms with E-state index < -0.39 is 0 Å². The zero-order valence-corrected chi connectivity index (χ0v) is 9.01. The molecule has 2 N–H and O–H groups in total. The van der Waals surface area contributed by atoms with Gasteiger partial charge in [0, 0.05) is 18.4 Å². The van der Waals surface area contributed by atoms with Gasteiger partial charge in [0.1, 0.15) is 0 Å². The molecule has 0 amide bonds. The van der Waals surface area contributed by atoms with Crippen LogP contribution in [0.25, 0.3) is 11.4 Å². The first-order valence-corrected chi connectivity index (χ1v) is 4.97. The molecule has 2 aromatic rings. The van der Waals surface area contributed by atoms with Gasteiger partial charge in [-0.2, -0.15) is 4.98 Å². The third-order valence-electron chi connectivity index (χ3n) is 2.16. The molecule has 0 radical (unpaired) electrons. The Kier molecular flexibility index (Phi) is 3.16. The summed E-state index contributed by atoms with van der Waals surface area (Å²) in [5, 5.41) is 3.89. The van der Waals surface area contributed by atoms with Crippen molar-refractivity contribution in [2.24, 2.45) is 0 Å². The second kappa shape index (κ2) is 4.76. The van der Waals surface area contributed by atoms with Crippen molar-refractivity contribution in [1.82, 2.24) is 10.1 Å². The molecule has 0 aliphatic carbocycles. The Morgan fingerprint density at radius 2 is 2.06 bits per heavy atom. The number of rotatable bonds is 4. The summed E-state index contributed by atoms with van der Waals surface area (Å²) >= 11 is 0. The van der Waals surface area contributed by atoms with Crippen LogP contribution in [0.3, 0.4) is 0 Å². The van der Waals surface area contributed by atoms with Crippen LogP contribution in [0.5, 0.6) is 0 Å². The normalized spacial score (nSPS) is 10.6. The molecular weight excluding hydrogens is 206 g/mol. The van der Waals surface area contributed by atoms with E-state index in [1.165, 1.54) is 0 Å². The van der Waals surface area contributed by atoms with Gasteiger partial charge in [0.15, 0.2) is 0 Å². The topological polar surface area (TPSA) is 74.2 Å². The molecule has 5 nitrogen and oxygen atoms in total. The van der Waals surface area contributed by atoms with Gasteiger partial charge >= 0.3 is 0 Å². The Labute approximate surface area is 93.2 Å². The van der Waals surface area contributed by atoms with Crippen molar-refractivity contribution in [3.8, 4) is 11.4 Å². The predicted molar refractivity (Wildman–Crippen MR) is 59.7 cm³/mol. The highest BCUT2D eigenvalue weighted by Gasteiger charge is 2.07. The van der Waals surface area contributed by atoms with Crippen LogP contribution in [0.4, 0.5) is 5.69 Å². The lowest BCUT2D eigenvalue weighted by Crippen LogP contribution is -1.94. The summed E-state index contributed by atoms with van der Waals surface area (Å²) in [5.41, 5.74) is 7.20. The third-order valence-corrected chi connectivity index (χ3v) is 2.16. The summed E-state index contributed by atoms with van der Waals surface area (Å²) in [4.78, 5) is 4.25. The van der Waals surface area contributed by atoms with Gasteiger partial charge in [-0.05, 0) is 24.3 Å². The molecule has 0 bridgehead atoms. The Morgan fingerprint density at radius 3 is 2.75 bits per heavy atom. The van der Waals surface area contributed by atoms with Gasteiger partial charge < -0.3 is 15.0 Å². The van der Waals surface area contributed by atoms with E-state index in [0.717, 1.165) is 5.56 Å². The average molecular weight is 219 g/mol. The van der Waals surface area contributed by atoms with Gasteiger partial charge in [0.2, 0.25) is 11.7 Å². The highest BCUT2D eigenvalue weighted by molar-refractivity contribution is 5.57. The quantitative estimate of drug-likeness (QED) is 0.789.